The molecule has 19 heavy (non-hydrogen) atoms. The van der Waals surface area contributed by atoms with E-state index in [4.69, 9.17) is 10.5 Å². The number of hydrogen-bond donors (Lipinski definition) is 2. The van der Waals surface area contributed by atoms with Crippen LogP contribution in [0.4, 0.5) is 0 Å². The van der Waals surface area contributed by atoms with Gasteiger partial charge in [0.2, 0.25) is 0 Å². The molecule has 104 valence electrons. The number of nitrogens with two attached hydrogens (primary N) is 1. The van der Waals surface area contributed by atoms with Crippen LogP contribution in [-0.2, 0) is 16.0 Å². The third kappa shape index (κ3) is 3.33. The smallest absolute Gasteiger partial charge is 0.324 e. The second-order valence-corrected chi connectivity index (χ2v) is 5.94. The molecule has 0 bridgehead atoms. The highest BCUT2D eigenvalue weighted by Gasteiger charge is 2.32. The Morgan fingerprint density at radius 2 is 2.11 bits per heavy atom. The second-order valence-electron chi connectivity index (χ2n) is 5.94. The average Bonchev–Trinajstić information content (AvgIpc) is 2.35. The molecule has 3 N–H and O–H groups in total. The number of nitrogens with one attached hydrogen (secondary N) is 1. The summed E-state index contributed by atoms with van der Waals surface area (Å²) < 4.78 is 5.44. The van der Waals surface area contributed by atoms with Crippen molar-refractivity contribution in [1.82, 2.24) is 5.32 Å². The number of carbonyl (C=O) groups excluding carboxylic acids is 1. The van der Waals surface area contributed by atoms with Gasteiger partial charge < -0.3 is 10.5 Å². The third-order valence-corrected chi connectivity index (χ3v) is 3.18. The second kappa shape index (κ2) is 5.31. The monoisotopic (exact) mass is 262 g/mol. The highest BCUT2D eigenvalue weighted by molar-refractivity contribution is 5.77. The predicted octanol–water partition coefficient (Wildman–Crippen LogP) is 1.54. The Hall–Kier alpha value is -1.39. The van der Waals surface area contributed by atoms with Gasteiger partial charge in [-0.3, -0.25) is 10.1 Å². The first-order chi connectivity index (χ1) is 8.90. The molecular formula is C15H22N2O2. The molecule has 0 aromatic heterocycles. The van der Waals surface area contributed by atoms with Crippen molar-refractivity contribution in [2.45, 2.75) is 44.9 Å². The van der Waals surface area contributed by atoms with Gasteiger partial charge in [-0.15, -0.1) is 0 Å². The number of hydrogen-bond acceptors (Lipinski definition) is 4. The van der Waals surface area contributed by atoms with Gasteiger partial charge in [0, 0.05) is 12.6 Å². The van der Waals surface area contributed by atoms with Crippen LogP contribution in [0.2, 0.25) is 0 Å². The van der Waals surface area contributed by atoms with E-state index >= 15 is 0 Å². The van der Waals surface area contributed by atoms with Crippen molar-refractivity contribution in [3.63, 3.8) is 0 Å². The zero-order chi connectivity index (χ0) is 14.0. The fourth-order valence-corrected chi connectivity index (χ4v) is 2.39. The summed E-state index contributed by atoms with van der Waals surface area (Å²) >= 11 is 0. The van der Waals surface area contributed by atoms with Gasteiger partial charge >= 0.3 is 5.97 Å². The highest BCUT2D eigenvalue weighted by Crippen LogP contribution is 2.25. The van der Waals surface area contributed by atoms with E-state index in [0.717, 1.165) is 0 Å². The van der Waals surface area contributed by atoms with E-state index in [1.54, 1.807) is 0 Å². The lowest BCUT2D eigenvalue weighted by atomic mass is 9.90. The van der Waals surface area contributed by atoms with Gasteiger partial charge in [-0.1, -0.05) is 24.3 Å². The van der Waals surface area contributed by atoms with E-state index in [1.165, 1.54) is 11.1 Å². The largest absolute Gasteiger partial charge is 0.459 e. The minimum absolute atomic E-state index is 0.0162. The molecule has 1 aliphatic heterocycles. The number of rotatable bonds is 2. The standard InChI is InChI=1S/C15H22N2O2/c1-15(2,3)19-14(18)12-8-10-6-4-5-7-11(10)13(9-16)17-12/h4-7,12-13,17H,8-9,16H2,1-3H3/t12-,13-/m0/s1. The summed E-state index contributed by atoms with van der Waals surface area (Å²) in [6.07, 6.45) is 0.654. The molecule has 0 saturated carbocycles. The Labute approximate surface area is 114 Å². The Balaban J connectivity index is 2.17. The molecule has 1 aromatic rings. The lowest BCUT2D eigenvalue weighted by molar-refractivity contribution is -0.157. The van der Waals surface area contributed by atoms with Gasteiger partial charge in [0.1, 0.15) is 11.6 Å². The minimum Gasteiger partial charge on any atom is -0.459 e. The molecular weight excluding hydrogens is 240 g/mol. The SMILES string of the molecule is CC(C)(C)OC(=O)[C@@H]1Cc2ccccc2[C@H](CN)N1. The van der Waals surface area contributed by atoms with E-state index in [-0.39, 0.29) is 18.1 Å². The average molecular weight is 262 g/mol. The summed E-state index contributed by atoms with van der Waals surface area (Å²) in [7, 11) is 0. The maximum Gasteiger partial charge on any atom is 0.324 e. The molecule has 0 radical (unpaired) electrons. The first-order valence-corrected chi connectivity index (χ1v) is 6.67. The summed E-state index contributed by atoms with van der Waals surface area (Å²) in [6.45, 7) is 6.10. The summed E-state index contributed by atoms with van der Waals surface area (Å²) in [6, 6.07) is 7.80. The molecule has 4 heteroatoms. The number of esters is 1. The van der Waals surface area contributed by atoms with E-state index in [1.807, 2.05) is 32.9 Å². The summed E-state index contributed by atoms with van der Waals surface area (Å²) in [5.41, 5.74) is 7.69. The van der Waals surface area contributed by atoms with Crippen LogP contribution in [0.3, 0.4) is 0 Å². The van der Waals surface area contributed by atoms with Gasteiger partial charge in [0.15, 0.2) is 0 Å². The molecule has 0 fully saturated rings. The molecule has 0 amide bonds. The minimum atomic E-state index is -0.464. The lowest BCUT2D eigenvalue weighted by Crippen LogP contribution is -2.49. The molecule has 1 aromatic carbocycles. The predicted molar refractivity (Wildman–Crippen MR) is 74.7 cm³/mol. The van der Waals surface area contributed by atoms with Crippen molar-refractivity contribution < 1.29 is 9.53 Å². The van der Waals surface area contributed by atoms with E-state index < -0.39 is 5.60 Å². The van der Waals surface area contributed by atoms with Gasteiger partial charge in [0.05, 0.1) is 0 Å². The Kier molecular flexibility index (Phi) is 3.92. The number of benzene rings is 1. The van der Waals surface area contributed by atoms with Crippen molar-refractivity contribution >= 4 is 5.97 Å². The number of fused-ring (bicyclic) bond motifs is 1. The summed E-state index contributed by atoms with van der Waals surface area (Å²) in [4.78, 5) is 12.2. The topological polar surface area (TPSA) is 64.3 Å². The molecule has 1 heterocycles. The Bertz CT molecular complexity index is 465. The summed E-state index contributed by atoms with van der Waals surface area (Å²) in [5.74, 6) is -0.208. The molecule has 1 aliphatic rings. The van der Waals surface area contributed by atoms with Crippen LogP contribution in [-0.4, -0.2) is 24.2 Å². The fraction of sp³-hybridized carbons (Fsp3) is 0.533. The van der Waals surface area contributed by atoms with Crippen LogP contribution in [0.5, 0.6) is 0 Å². The maximum atomic E-state index is 12.2. The maximum absolute atomic E-state index is 12.2. The van der Waals surface area contributed by atoms with Crippen LogP contribution < -0.4 is 11.1 Å². The Morgan fingerprint density at radius 3 is 2.74 bits per heavy atom. The lowest BCUT2D eigenvalue weighted by Gasteiger charge is -2.33. The van der Waals surface area contributed by atoms with E-state index in [0.29, 0.717) is 13.0 Å². The van der Waals surface area contributed by atoms with Crippen molar-refractivity contribution in [1.29, 1.82) is 0 Å². The van der Waals surface area contributed by atoms with Gasteiger partial charge in [-0.25, -0.2) is 0 Å². The highest BCUT2D eigenvalue weighted by atomic mass is 16.6. The van der Waals surface area contributed by atoms with Crippen molar-refractivity contribution in [3.8, 4) is 0 Å². The zero-order valence-corrected chi connectivity index (χ0v) is 11.8. The molecule has 4 nitrogen and oxygen atoms in total. The number of carbonyl (C=O) groups is 1. The molecule has 0 spiro atoms. The van der Waals surface area contributed by atoms with Crippen LogP contribution in [0.25, 0.3) is 0 Å². The zero-order valence-electron chi connectivity index (χ0n) is 11.8. The van der Waals surface area contributed by atoms with E-state index in [9.17, 15) is 4.79 Å². The van der Waals surface area contributed by atoms with Crippen molar-refractivity contribution in [3.05, 3.63) is 35.4 Å². The molecule has 2 rings (SSSR count). The van der Waals surface area contributed by atoms with Gasteiger partial charge in [-0.2, -0.15) is 0 Å². The molecule has 0 saturated heterocycles. The summed E-state index contributed by atoms with van der Waals surface area (Å²) in [5, 5.41) is 3.28. The third-order valence-electron chi connectivity index (χ3n) is 3.18. The van der Waals surface area contributed by atoms with Crippen LogP contribution in [0.15, 0.2) is 24.3 Å². The van der Waals surface area contributed by atoms with Gasteiger partial charge in [-0.05, 0) is 38.3 Å². The molecule has 0 unspecified atom stereocenters. The van der Waals surface area contributed by atoms with Crippen LogP contribution in [0, 0.1) is 0 Å². The number of ether oxygens (including phenoxy) is 1. The first kappa shape index (κ1) is 14.0. The van der Waals surface area contributed by atoms with Crippen molar-refractivity contribution in [2.75, 3.05) is 6.54 Å². The van der Waals surface area contributed by atoms with E-state index in [2.05, 4.69) is 17.4 Å². The fourth-order valence-electron chi connectivity index (χ4n) is 2.39. The molecule has 0 aliphatic carbocycles. The van der Waals surface area contributed by atoms with Gasteiger partial charge in [0.25, 0.3) is 0 Å². The first-order valence-electron chi connectivity index (χ1n) is 6.67. The normalized spacial score (nSPS) is 22.7. The van der Waals surface area contributed by atoms with Crippen LogP contribution in [0.1, 0.15) is 37.9 Å². The van der Waals surface area contributed by atoms with Crippen LogP contribution >= 0.6 is 0 Å². The quantitative estimate of drug-likeness (QED) is 0.794. The Morgan fingerprint density at radius 1 is 1.42 bits per heavy atom. The van der Waals surface area contributed by atoms with Crippen molar-refractivity contribution in [2.24, 2.45) is 5.73 Å². The molecule has 2 atom stereocenters.